The van der Waals surface area contributed by atoms with E-state index >= 15 is 0 Å². The van der Waals surface area contributed by atoms with Crippen molar-refractivity contribution in [2.45, 2.75) is 36.6 Å². The molecule has 1 atom stereocenters. The summed E-state index contributed by atoms with van der Waals surface area (Å²) in [6.45, 7) is 2.13. The van der Waals surface area contributed by atoms with Crippen LogP contribution in [0.25, 0.3) is 0 Å². The van der Waals surface area contributed by atoms with Crippen LogP contribution in [0.2, 0.25) is 0 Å². The maximum Gasteiger partial charge on any atom is 0.243 e. The van der Waals surface area contributed by atoms with Gasteiger partial charge in [-0.1, -0.05) is 12.1 Å². The molecule has 1 fully saturated rings. The second-order valence-electron chi connectivity index (χ2n) is 6.02. The Hall–Kier alpha value is -1.22. The Morgan fingerprint density at radius 1 is 1.38 bits per heavy atom. The largest absolute Gasteiger partial charge is 0.349 e. The second-order valence-corrected chi connectivity index (χ2v) is 7.76. The molecule has 0 spiro atoms. The predicted molar refractivity (Wildman–Crippen MR) is 91.8 cm³/mol. The van der Waals surface area contributed by atoms with E-state index in [-0.39, 0.29) is 31.3 Å². The van der Waals surface area contributed by atoms with E-state index in [0.717, 1.165) is 18.9 Å². The Kier molecular flexibility index (Phi) is 7.15. The van der Waals surface area contributed by atoms with Crippen molar-refractivity contribution in [2.24, 2.45) is 11.7 Å². The summed E-state index contributed by atoms with van der Waals surface area (Å²) in [6.07, 6.45) is 2.04. The first-order chi connectivity index (χ1) is 10.8. The van der Waals surface area contributed by atoms with Crippen LogP contribution in [0.5, 0.6) is 0 Å². The Bertz CT molecular complexity index is 682. The van der Waals surface area contributed by atoms with E-state index < -0.39 is 26.3 Å². The van der Waals surface area contributed by atoms with Gasteiger partial charge < -0.3 is 11.1 Å². The third kappa shape index (κ3) is 5.14. The van der Waals surface area contributed by atoms with Gasteiger partial charge in [-0.25, -0.2) is 17.5 Å². The molecule has 0 saturated heterocycles. The van der Waals surface area contributed by atoms with Gasteiger partial charge in [-0.3, -0.25) is 4.79 Å². The lowest BCUT2D eigenvalue weighted by molar-refractivity contribution is -0.122. The van der Waals surface area contributed by atoms with Crippen LogP contribution in [0.3, 0.4) is 0 Å². The number of carbonyl (C=O) groups is 1. The van der Waals surface area contributed by atoms with Gasteiger partial charge >= 0.3 is 0 Å². The van der Waals surface area contributed by atoms with Crippen LogP contribution >= 0.6 is 12.4 Å². The lowest BCUT2D eigenvalue weighted by atomic mass is 9.96. The third-order valence-electron chi connectivity index (χ3n) is 4.10. The van der Waals surface area contributed by atoms with Crippen LogP contribution in [0.1, 0.15) is 26.2 Å². The average molecular weight is 380 g/mol. The molecule has 1 aliphatic carbocycles. The predicted octanol–water partition coefficient (Wildman–Crippen LogP) is 1.16. The minimum atomic E-state index is -3.97. The standard InChI is InChI=1S/C15H22FN3O3S.ClH/c1-15(10-17,11-6-7-11)19-14(20)8-9-18-23(21,22)13-5-3-2-4-12(13)16;/h2-5,11,18H,6-10,17H2,1H3,(H,19,20);1H. The zero-order valence-electron chi connectivity index (χ0n) is 13.4. The van der Waals surface area contributed by atoms with Crippen molar-refractivity contribution in [3.05, 3.63) is 30.1 Å². The third-order valence-corrected chi connectivity index (χ3v) is 5.59. The van der Waals surface area contributed by atoms with Crippen LogP contribution in [0.4, 0.5) is 4.39 Å². The second kappa shape index (κ2) is 8.24. The van der Waals surface area contributed by atoms with Crippen molar-refractivity contribution in [2.75, 3.05) is 13.1 Å². The van der Waals surface area contributed by atoms with Crippen LogP contribution in [-0.2, 0) is 14.8 Å². The zero-order chi connectivity index (χ0) is 17.1. The first-order valence-corrected chi connectivity index (χ1v) is 9.02. The topological polar surface area (TPSA) is 101 Å². The molecule has 0 aliphatic heterocycles. The normalized spacial score (nSPS) is 16.8. The highest BCUT2D eigenvalue weighted by Crippen LogP contribution is 2.38. The van der Waals surface area contributed by atoms with E-state index in [2.05, 4.69) is 10.0 Å². The summed E-state index contributed by atoms with van der Waals surface area (Å²) in [4.78, 5) is 11.5. The van der Waals surface area contributed by atoms with Gasteiger partial charge in [0.25, 0.3) is 0 Å². The van der Waals surface area contributed by atoms with Gasteiger partial charge in [0, 0.05) is 19.5 Å². The van der Waals surface area contributed by atoms with E-state index in [1.807, 2.05) is 6.92 Å². The van der Waals surface area contributed by atoms with Gasteiger partial charge in [-0.2, -0.15) is 0 Å². The van der Waals surface area contributed by atoms with Crippen molar-refractivity contribution in [1.82, 2.24) is 10.0 Å². The van der Waals surface area contributed by atoms with E-state index in [0.29, 0.717) is 12.5 Å². The molecule has 24 heavy (non-hydrogen) atoms. The van der Waals surface area contributed by atoms with Crippen molar-refractivity contribution in [3.8, 4) is 0 Å². The molecule has 0 bridgehead atoms. The fourth-order valence-corrected chi connectivity index (χ4v) is 3.57. The number of nitrogens with two attached hydrogens (primary N) is 1. The first-order valence-electron chi connectivity index (χ1n) is 7.54. The molecule has 0 radical (unpaired) electrons. The molecule has 1 aliphatic rings. The number of carbonyl (C=O) groups excluding carboxylic acids is 1. The van der Waals surface area contributed by atoms with Crippen LogP contribution in [-0.4, -0.2) is 33.0 Å². The first kappa shape index (κ1) is 20.8. The molecular weight excluding hydrogens is 357 g/mol. The minimum Gasteiger partial charge on any atom is -0.349 e. The van der Waals surface area contributed by atoms with Gasteiger partial charge in [0.15, 0.2) is 0 Å². The molecular formula is C15H23ClFN3O3S. The Labute approximate surface area is 147 Å². The lowest BCUT2D eigenvalue weighted by Gasteiger charge is -2.29. The van der Waals surface area contributed by atoms with Crippen LogP contribution < -0.4 is 15.8 Å². The summed E-state index contributed by atoms with van der Waals surface area (Å²) in [6, 6.07) is 5.10. The van der Waals surface area contributed by atoms with Gasteiger partial charge in [0.1, 0.15) is 10.7 Å². The van der Waals surface area contributed by atoms with E-state index in [4.69, 9.17) is 5.73 Å². The molecule has 2 rings (SSSR count). The summed E-state index contributed by atoms with van der Waals surface area (Å²) >= 11 is 0. The number of halogens is 2. The SMILES string of the molecule is CC(CN)(NC(=O)CCNS(=O)(=O)c1ccccc1F)C1CC1.Cl. The number of nitrogens with one attached hydrogen (secondary N) is 2. The minimum absolute atomic E-state index is 0. The average Bonchev–Trinajstić information content (AvgIpc) is 3.32. The molecule has 9 heteroatoms. The lowest BCUT2D eigenvalue weighted by Crippen LogP contribution is -2.53. The van der Waals surface area contributed by atoms with Crippen molar-refractivity contribution >= 4 is 28.3 Å². The van der Waals surface area contributed by atoms with Crippen LogP contribution in [0.15, 0.2) is 29.2 Å². The maximum atomic E-state index is 13.5. The Balaban J connectivity index is 0.00000288. The molecule has 136 valence electrons. The number of benzene rings is 1. The fraction of sp³-hybridized carbons (Fsp3) is 0.533. The fourth-order valence-electron chi connectivity index (χ4n) is 2.46. The Morgan fingerprint density at radius 2 is 2.00 bits per heavy atom. The molecule has 6 nitrogen and oxygen atoms in total. The van der Waals surface area contributed by atoms with E-state index in [9.17, 15) is 17.6 Å². The van der Waals surface area contributed by atoms with Gasteiger partial charge in [0.05, 0.1) is 5.54 Å². The number of hydrogen-bond acceptors (Lipinski definition) is 4. The van der Waals surface area contributed by atoms with E-state index in [1.165, 1.54) is 18.2 Å². The van der Waals surface area contributed by atoms with Gasteiger partial charge in [-0.15, -0.1) is 12.4 Å². The molecule has 1 saturated carbocycles. The van der Waals surface area contributed by atoms with Crippen molar-refractivity contribution in [3.63, 3.8) is 0 Å². The molecule has 4 N–H and O–H groups in total. The van der Waals surface area contributed by atoms with Gasteiger partial charge in [-0.05, 0) is 37.8 Å². The highest BCUT2D eigenvalue weighted by Gasteiger charge is 2.41. The number of amides is 1. The molecule has 0 heterocycles. The summed E-state index contributed by atoms with van der Waals surface area (Å²) in [5.41, 5.74) is 5.28. The maximum absolute atomic E-state index is 13.5. The molecule has 0 aromatic heterocycles. The van der Waals surface area contributed by atoms with Crippen molar-refractivity contribution < 1.29 is 17.6 Å². The van der Waals surface area contributed by atoms with Crippen LogP contribution in [0, 0.1) is 11.7 Å². The number of hydrogen-bond donors (Lipinski definition) is 3. The number of rotatable bonds is 8. The Morgan fingerprint density at radius 3 is 2.54 bits per heavy atom. The van der Waals surface area contributed by atoms with E-state index in [1.54, 1.807) is 0 Å². The summed E-state index contributed by atoms with van der Waals surface area (Å²) in [7, 11) is -3.97. The summed E-state index contributed by atoms with van der Waals surface area (Å²) in [5, 5.41) is 2.87. The van der Waals surface area contributed by atoms with Crippen molar-refractivity contribution in [1.29, 1.82) is 0 Å². The number of sulfonamides is 1. The highest BCUT2D eigenvalue weighted by atomic mass is 35.5. The zero-order valence-corrected chi connectivity index (χ0v) is 15.1. The quantitative estimate of drug-likeness (QED) is 0.630. The smallest absolute Gasteiger partial charge is 0.243 e. The molecule has 1 unspecified atom stereocenters. The summed E-state index contributed by atoms with van der Waals surface area (Å²) in [5.74, 6) is -0.721. The highest BCUT2D eigenvalue weighted by molar-refractivity contribution is 7.89. The molecule has 1 amide bonds. The summed E-state index contributed by atoms with van der Waals surface area (Å²) < 4.78 is 39.7. The van der Waals surface area contributed by atoms with Gasteiger partial charge in [0.2, 0.25) is 15.9 Å². The monoisotopic (exact) mass is 379 g/mol. The molecule has 1 aromatic rings. The molecule has 1 aromatic carbocycles.